The zero-order chi connectivity index (χ0) is 15.6. The molecule has 0 aromatic carbocycles. The second kappa shape index (κ2) is 6.41. The fourth-order valence-electron chi connectivity index (χ4n) is 2.93. The number of carboxylic acids is 1. The minimum absolute atomic E-state index is 0.132. The van der Waals surface area contributed by atoms with Gasteiger partial charge in [0.1, 0.15) is 0 Å². The van der Waals surface area contributed by atoms with Crippen molar-refractivity contribution in [1.82, 2.24) is 9.71 Å². The molecule has 6 nitrogen and oxygen atoms in total. The van der Waals surface area contributed by atoms with E-state index in [0.29, 0.717) is 5.92 Å². The molecule has 8 heteroatoms. The Bertz CT molecular complexity index is 609. The lowest BCUT2D eigenvalue weighted by Gasteiger charge is -2.34. The second-order valence-corrected chi connectivity index (χ2v) is 8.48. The van der Waals surface area contributed by atoms with Gasteiger partial charge in [-0.05, 0) is 24.7 Å². The van der Waals surface area contributed by atoms with Crippen LogP contribution >= 0.6 is 11.3 Å². The lowest BCUT2D eigenvalue weighted by molar-refractivity contribution is 0.0687. The zero-order valence-electron chi connectivity index (χ0n) is 12.1. The van der Waals surface area contributed by atoms with Crippen LogP contribution in [0, 0.1) is 11.8 Å². The predicted molar refractivity (Wildman–Crippen MR) is 80.0 cm³/mol. The standard InChI is InChI=1S/C13H20N2O4S2/c1-8(2)9-5-3-4-6-10(9)15-21(18,19)13-11(12(16)17)14-7-20-13/h7-10,15H,3-6H2,1-2H3,(H,16,17). The van der Waals surface area contributed by atoms with Crippen LogP contribution in [0.4, 0.5) is 0 Å². The van der Waals surface area contributed by atoms with E-state index in [2.05, 4.69) is 23.6 Å². The van der Waals surface area contributed by atoms with Crippen LogP contribution < -0.4 is 4.72 Å². The first-order valence-electron chi connectivity index (χ1n) is 7.02. The van der Waals surface area contributed by atoms with Crippen molar-refractivity contribution >= 4 is 27.3 Å². The van der Waals surface area contributed by atoms with Gasteiger partial charge in [0.2, 0.25) is 0 Å². The third kappa shape index (κ3) is 3.61. The summed E-state index contributed by atoms with van der Waals surface area (Å²) in [6.45, 7) is 4.18. The molecule has 0 saturated heterocycles. The van der Waals surface area contributed by atoms with E-state index in [0.717, 1.165) is 37.0 Å². The van der Waals surface area contributed by atoms with Gasteiger partial charge in [0.05, 0.1) is 5.51 Å². The lowest BCUT2D eigenvalue weighted by atomic mass is 9.78. The quantitative estimate of drug-likeness (QED) is 0.862. The maximum absolute atomic E-state index is 12.5. The summed E-state index contributed by atoms with van der Waals surface area (Å²) < 4.78 is 27.4. The van der Waals surface area contributed by atoms with E-state index in [1.807, 2.05) is 0 Å². The number of carbonyl (C=O) groups is 1. The van der Waals surface area contributed by atoms with Gasteiger partial charge in [0.15, 0.2) is 9.90 Å². The van der Waals surface area contributed by atoms with Crippen molar-refractivity contribution in [2.24, 2.45) is 11.8 Å². The van der Waals surface area contributed by atoms with Crippen molar-refractivity contribution in [2.75, 3.05) is 0 Å². The SMILES string of the molecule is CC(C)C1CCCCC1NS(=O)(=O)c1scnc1C(=O)O. The second-order valence-electron chi connectivity index (χ2n) is 5.71. The Morgan fingerprint density at radius 1 is 1.43 bits per heavy atom. The summed E-state index contributed by atoms with van der Waals surface area (Å²) >= 11 is 0.841. The number of rotatable bonds is 5. The molecule has 1 fully saturated rings. The summed E-state index contributed by atoms with van der Waals surface area (Å²) in [6, 6.07) is -0.132. The topological polar surface area (TPSA) is 96.4 Å². The number of nitrogens with zero attached hydrogens (tertiary/aromatic N) is 1. The Labute approximate surface area is 128 Å². The molecule has 21 heavy (non-hydrogen) atoms. The van der Waals surface area contributed by atoms with Gasteiger partial charge in [-0.3, -0.25) is 0 Å². The van der Waals surface area contributed by atoms with Gasteiger partial charge in [0.25, 0.3) is 10.0 Å². The molecule has 1 aliphatic rings. The highest BCUT2D eigenvalue weighted by atomic mass is 32.2. The van der Waals surface area contributed by atoms with Gasteiger partial charge in [-0.15, -0.1) is 11.3 Å². The first kappa shape index (κ1) is 16.4. The van der Waals surface area contributed by atoms with Crippen molar-refractivity contribution in [1.29, 1.82) is 0 Å². The first-order valence-corrected chi connectivity index (χ1v) is 9.38. The van der Waals surface area contributed by atoms with E-state index in [1.54, 1.807) is 0 Å². The molecular formula is C13H20N2O4S2. The average molecular weight is 332 g/mol. The van der Waals surface area contributed by atoms with Gasteiger partial charge in [-0.1, -0.05) is 26.7 Å². The summed E-state index contributed by atoms with van der Waals surface area (Å²) in [5.74, 6) is -0.645. The highest BCUT2D eigenvalue weighted by Crippen LogP contribution is 2.32. The van der Waals surface area contributed by atoms with Crippen LogP contribution in [0.25, 0.3) is 0 Å². The Morgan fingerprint density at radius 2 is 2.10 bits per heavy atom. The van der Waals surface area contributed by atoms with Crippen LogP contribution in [0.5, 0.6) is 0 Å². The van der Waals surface area contributed by atoms with E-state index in [-0.39, 0.29) is 16.2 Å². The van der Waals surface area contributed by atoms with Crippen molar-refractivity contribution in [3.8, 4) is 0 Å². The normalized spacial score (nSPS) is 23.4. The zero-order valence-corrected chi connectivity index (χ0v) is 13.7. The number of hydrogen-bond donors (Lipinski definition) is 2. The van der Waals surface area contributed by atoms with Gasteiger partial charge in [-0.2, -0.15) is 0 Å². The number of nitrogens with one attached hydrogen (secondary N) is 1. The molecule has 0 aliphatic heterocycles. The molecule has 1 heterocycles. The molecule has 118 valence electrons. The van der Waals surface area contributed by atoms with E-state index >= 15 is 0 Å². The van der Waals surface area contributed by atoms with E-state index in [1.165, 1.54) is 5.51 Å². The number of sulfonamides is 1. The Balaban J connectivity index is 2.24. The molecule has 0 bridgehead atoms. The molecule has 0 amide bonds. The number of carboxylic acid groups (broad SMARTS) is 1. The smallest absolute Gasteiger partial charge is 0.356 e. The van der Waals surface area contributed by atoms with E-state index < -0.39 is 21.7 Å². The molecule has 2 N–H and O–H groups in total. The van der Waals surface area contributed by atoms with Crippen molar-refractivity contribution < 1.29 is 18.3 Å². The van der Waals surface area contributed by atoms with Crippen LogP contribution in [0.1, 0.15) is 50.0 Å². The number of aromatic carboxylic acids is 1. The summed E-state index contributed by atoms with van der Waals surface area (Å²) in [5.41, 5.74) is 0.850. The van der Waals surface area contributed by atoms with Gasteiger partial charge < -0.3 is 5.11 Å². The summed E-state index contributed by atoms with van der Waals surface area (Å²) in [5, 5.41) is 9.02. The summed E-state index contributed by atoms with van der Waals surface area (Å²) in [4.78, 5) is 14.7. The molecular weight excluding hydrogens is 312 g/mol. The third-order valence-corrected chi connectivity index (χ3v) is 6.82. The fraction of sp³-hybridized carbons (Fsp3) is 0.692. The minimum Gasteiger partial charge on any atom is -0.476 e. The highest BCUT2D eigenvalue weighted by Gasteiger charge is 2.33. The van der Waals surface area contributed by atoms with Crippen LogP contribution in [0.15, 0.2) is 9.72 Å². The van der Waals surface area contributed by atoms with Crippen LogP contribution in [-0.2, 0) is 10.0 Å². The van der Waals surface area contributed by atoms with Crippen molar-refractivity contribution in [2.45, 2.75) is 49.8 Å². The molecule has 2 unspecified atom stereocenters. The Kier molecular flexibility index (Phi) is 5.00. The Hall–Kier alpha value is -0.990. The van der Waals surface area contributed by atoms with Crippen LogP contribution in [0.3, 0.4) is 0 Å². The molecule has 1 aromatic heterocycles. The van der Waals surface area contributed by atoms with Crippen LogP contribution in [-0.4, -0.2) is 30.5 Å². The van der Waals surface area contributed by atoms with E-state index in [9.17, 15) is 13.2 Å². The third-order valence-electron chi connectivity index (χ3n) is 3.96. The first-order chi connectivity index (χ1) is 9.83. The minimum atomic E-state index is -3.83. The molecule has 1 aliphatic carbocycles. The van der Waals surface area contributed by atoms with Crippen molar-refractivity contribution in [3.63, 3.8) is 0 Å². The summed E-state index contributed by atoms with van der Waals surface area (Å²) in [7, 11) is -3.83. The van der Waals surface area contributed by atoms with Crippen LogP contribution in [0.2, 0.25) is 0 Å². The molecule has 1 saturated carbocycles. The Morgan fingerprint density at radius 3 is 2.71 bits per heavy atom. The van der Waals surface area contributed by atoms with Gasteiger partial charge in [0, 0.05) is 6.04 Å². The van der Waals surface area contributed by atoms with Crippen molar-refractivity contribution in [3.05, 3.63) is 11.2 Å². The maximum atomic E-state index is 12.5. The maximum Gasteiger partial charge on any atom is 0.356 e. The summed E-state index contributed by atoms with van der Waals surface area (Å²) in [6.07, 6.45) is 3.90. The molecule has 2 rings (SSSR count). The number of hydrogen-bond acceptors (Lipinski definition) is 5. The average Bonchev–Trinajstić information content (AvgIpc) is 2.88. The monoisotopic (exact) mass is 332 g/mol. The fourth-order valence-corrected chi connectivity index (χ4v) is 5.40. The van der Waals surface area contributed by atoms with E-state index in [4.69, 9.17) is 5.11 Å². The molecule has 2 atom stereocenters. The van der Waals surface area contributed by atoms with Gasteiger partial charge in [-0.25, -0.2) is 22.9 Å². The van der Waals surface area contributed by atoms with Gasteiger partial charge >= 0.3 is 5.97 Å². The largest absolute Gasteiger partial charge is 0.476 e. The highest BCUT2D eigenvalue weighted by molar-refractivity contribution is 7.91. The predicted octanol–water partition coefficient (Wildman–Crippen LogP) is 2.33. The lowest BCUT2D eigenvalue weighted by Crippen LogP contribution is -2.43. The molecule has 0 spiro atoms. The molecule has 1 aromatic rings. The molecule has 0 radical (unpaired) electrons. The number of aromatic nitrogens is 1. The number of thiazole rings is 1.